The molecule has 1 fully saturated rings. The maximum Gasteiger partial charge on any atom is 0.197 e. The molecule has 3 nitrogen and oxygen atoms in total. The highest BCUT2D eigenvalue weighted by Gasteiger charge is 2.43. The molecule has 0 saturated heterocycles. The molecule has 1 aliphatic carbocycles. The first-order valence-electron chi connectivity index (χ1n) is 9.06. The summed E-state index contributed by atoms with van der Waals surface area (Å²) in [6, 6.07) is 4.10. The monoisotopic (exact) mass is 331 g/mol. The third-order valence-electron chi connectivity index (χ3n) is 5.42. The Labute approximate surface area is 147 Å². The van der Waals surface area contributed by atoms with Crippen LogP contribution in [0, 0.1) is 5.21 Å². The lowest BCUT2D eigenvalue weighted by Crippen LogP contribution is -2.38. The van der Waals surface area contributed by atoms with Crippen LogP contribution >= 0.6 is 0 Å². The molecule has 24 heavy (non-hydrogen) atoms. The highest BCUT2D eigenvalue weighted by molar-refractivity contribution is 5.51. The summed E-state index contributed by atoms with van der Waals surface area (Å²) in [6.45, 7) is 16.3. The molecule has 1 aromatic rings. The van der Waals surface area contributed by atoms with Gasteiger partial charge in [-0.15, -0.1) is 0 Å². The van der Waals surface area contributed by atoms with Crippen LogP contribution in [0.4, 0.5) is 0 Å². The number of aromatic hydroxyl groups is 1. The summed E-state index contributed by atoms with van der Waals surface area (Å²) in [7, 11) is 0. The molecule has 0 unspecified atom stereocenters. The maximum atomic E-state index is 12.5. The van der Waals surface area contributed by atoms with Gasteiger partial charge in [0.05, 0.1) is 0 Å². The Kier molecular flexibility index (Phi) is 4.78. The molecule has 0 bridgehead atoms. The van der Waals surface area contributed by atoms with Crippen LogP contribution in [-0.2, 0) is 16.4 Å². The van der Waals surface area contributed by atoms with E-state index >= 15 is 0 Å². The first-order chi connectivity index (χ1) is 10.9. The van der Waals surface area contributed by atoms with E-state index in [0.717, 1.165) is 47.1 Å². The Bertz CT molecular complexity index is 591. The van der Waals surface area contributed by atoms with Gasteiger partial charge in [0.2, 0.25) is 0 Å². The molecule has 0 aromatic heterocycles. The number of hydrogen-bond acceptors (Lipinski definition) is 2. The Morgan fingerprint density at radius 2 is 1.38 bits per heavy atom. The minimum absolute atomic E-state index is 0.190. The van der Waals surface area contributed by atoms with Crippen LogP contribution in [0.25, 0.3) is 0 Å². The zero-order chi connectivity index (χ0) is 18.3. The van der Waals surface area contributed by atoms with Crippen molar-refractivity contribution >= 4 is 6.72 Å². The van der Waals surface area contributed by atoms with Crippen molar-refractivity contribution in [1.29, 1.82) is 0 Å². The molecular formula is C21H33NO2. The standard InChI is InChI=1S/C21H33NO2/c1-19(2,3)16-13-15(14-17(18(16)23)20(4,5)6)21(22(7)24)11-9-8-10-12-21/h13-14,23H,7-12H2,1-6H3. The summed E-state index contributed by atoms with van der Waals surface area (Å²) in [4.78, 5) is 0. The van der Waals surface area contributed by atoms with Gasteiger partial charge in [-0.25, -0.2) is 4.74 Å². The molecule has 2 rings (SSSR count). The molecule has 3 heteroatoms. The second-order valence-electron chi connectivity index (χ2n) is 9.39. The van der Waals surface area contributed by atoms with Crippen LogP contribution in [-0.4, -0.2) is 16.6 Å². The Morgan fingerprint density at radius 1 is 0.958 bits per heavy atom. The van der Waals surface area contributed by atoms with Crippen molar-refractivity contribution in [2.24, 2.45) is 0 Å². The minimum Gasteiger partial charge on any atom is -0.624 e. The highest BCUT2D eigenvalue weighted by Crippen LogP contribution is 2.46. The van der Waals surface area contributed by atoms with Gasteiger partial charge in [0.15, 0.2) is 5.54 Å². The van der Waals surface area contributed by atoms with E-state index in [9.17, 15) is 10.3 Å². The van der Waals surface area contributed by atoms with Crippen LogP contribution in [0.5, 0.6) is 5.75 Å². The number of benzene rings is 1. The van der Waals surface area contributed by atoms with E-state index in [2.05, 4.69) is 48.3 Å². The molecule has 0 atom stereocenters. The topological polar surface area (TPSA) is 46.3 Å². The van der Waals surface area contributed by atoms with Gasteiger partial charge in [0.1, 0.15) is 12.5 Å². The van der Waals surface area contributed by atoms with E-state index in [4.69, 9.17) is 0 Å². The second kappa shape index (κ2) is 6.09. The molecule has 1 aliphatic rings. The first kappa shape index (κ1) is 18.8. The molecule has 1 N–H and O–H groups in total. The van der Waals surface area contributed by atoms with Crippen molar-refractivity contribution in [2.75, 3.05) is 0 Å². The zero-order valence-corrected chi connectivity index (χ0v) is 16.2. The van der Waals surface area contributed by atoms with E-state index in [1.807, 2.05) is 12.1 Å². The van der Waals surface area contributed by atoms with Gasteiger partial charge >= 0.3 is 0 Å². The number of phenols is 1. The Morgan fingerprint density at radius 3 is 1.71 bits per heavy atom. The normalized spacial score (nSPS) is 18.4. The average Bonchev–Trinajstić information content (AvgIpc) is 2.45. The molecule has 0 amide bonds. The predicted octanol–water partition coefficient (Wildman–Crippen LogP) is 5.36. The summed E-state index contributed by atoms with van der Waals surface area (Å²) in [5.74, 6) is 0.367. The number of rotatable bonds is 2. The SMILES string of the molecule is C=[N+]([O-])C1(c2cc(C(C)(C)C)c(O)c(C(C)(C)C)c2)CCCCC1. The van der Waals surface area contributed by atoms with Gasteiger partial charge in [-0.3, -0.25) is 0 Å². The van der Waals surface area contributed by atoms with Crippen molar-refractivity contribution in [3.05, 3.63) is 34.0 Å². The van der Waals surface area contributed by atoms with Crippen molar-refractivity contribution in [1.82, 2.24) is 0 Å². The van der Waals surface area contributed by atoms with Crippen molar-refractivity contribution < 1.29 is 9.85 Å². The predicted molar refractivity (Wildman–Crippen MR) is 101 cm³/mol. The fourth-order valence-electron chi connectivity index (χ4n) is 3.87. The van der Waals surface area contributed by atoms with Crippen LogP contribution < -0.4 is 0 Å². The number of hydroxylamine groups is 1. The molecule has 0 heterocycles. The quantitative estimate of drug-likeness (QED) is 0.343. The van der Waals surface area contributed by atoms with E-state index < -0.39 is 5.54 Å². The minimum atomic E-state index is -0.564. The van der Waals surface area contributed by atoms with Gasteiger partial charge in [0, 0.05) is 29.5 Å². The van der Waals surface area contributed by atoms with E-state index in [1.54, 1.807) is 0 Å². The molecule has 0 aliphatic heterocycles. The van der Waals surface area contributed by atoms with E-state index in [-0.39, 0.29) is 10.8 Å². The second-order valence-corrected chi connectivity index (χ2v) is 9.39. The van der Waals surface area contributed by atoms with Gasteiger partial charge in [-0.1, -0.05) is 48.0 Å². The first-order valence-corrected chi connectivity index (χ1v) is 9.06. The number of hydrogen-bond donors (Lipinski definition) is 1. The fourth-order valence-corrected chi connectivity index (χ4v) is 3.87. The van der Waals surface area contributed by atoms with Crippen LogP contribution in [0.3, 0.4) is 0 Å². The molecule has 0 spiro atoms. The lowest BCUT2D eigenvalue weighted by atomic mass is 9.72. The largest absolute Gasteiger partial charge is 0.624 e. The summed E-state index contributed by atoms with van der Waals surface area (Å²) in [6.07, 6.45) is 4.93. The molecule has 0 radical (unpaired) electrons. The molecule has 134 valence electrons. The van der Waals surface area contributed by atoms with Gasteiger partial charge in [-0.05, 0) is 35.8 Å². The van der Waals surface area contributed by atoms with Gasteiger partial charge in [-0.2, -0.15) is 0 Å². The van der Waals surface area contributed by atoms with Crippen LogP contribution in [0.2, 0.25) is 0 Å². The Hall–Kier alpha value is -1.51. The number of nitrogens with zero attached hydrogens (tertiary/aromatic N) is 1. The average molecular weight is 332 g/mol. The lowest BCUT2D eigenvalue weighted by molar-refractivity contribution is -0.558. The van der Waals surface area contributed by atoms with Gasteiger partial charge in [0.25, 0.3) is 0 Å². The van der Waals surface area contributed by atoms with Gasteiger partial charge < -0.3 is 10.3 Å². The third kappa shape index (κ3) is 3.31. The van der Waals surface area contributed by atoms with Crippen molar-refractivity contribution in [3.63, 3.8) is 0 Å². The zero-order valence-electron chi connectivity index (χ0n) is 16.2. The lowest BCUT2D eigenvalue weighted by Gasteiger charge is -2.37. The van der Waals surface area contributed by atoms with Crippen molar-refractivity contribution in [3.8, 4) is 5.75 Å². The number of phenolic OH excluding ortho intramolecular Hbond substituents is 1. The van der Waals surface area contributed by atoms with E-state index in [1.165, 1.54) is 6.42 Å². The fraction of sp³-hybridized carbons (Fsp3) is 0.667. The van der Waals surface area contributed by atoms with Crippen LogP contribution in [0.1, 0.15) is 90.3 Å². The maximum absolute atomic E-state index is 12.5. The molecular weight excluding hydrogens is 298 g/mol. The van der Waals surface area contributed by atoms with E-state index in [0.29, 0.717) is 5.75 Å². The molecule has 1 aromatic carbocycles. The highest BCUT2D eigenvalue weighted by atomic mass is 16.5. The summed E-state index contributed by atoms with van der Waals surface area (Å²) in [5, 5.41) is 23.4. The van der Waals surface area contributed by atoms with Crippen LogP contribution in [0.15, 0.2) is 12.1 Å². The van der Waals surface area contributed by atoms with Crippen molar-refractivity contribution in [2.45, 2.75) is 90.0 Å². The smallest absolute Gasteiger partial charge is 0.197 e. The third-order valence-corrected chi connectivity index (χ3v) is 5.42. The summed E-state index contributed by atoms with van der Waals surface area (Å²) in [5.41, 5.74) is 1.90. The summed E-state index contributed by atoms with van der Waals surface area (Å²) >= 11 is 0. The Balaban J connectivity index is 2.76. The molecule has 1 saturated carbocycles. The summed E-state index contributed by atoms with van der Waals surface area (Å²) < 4.78 is 0.914.